The molecule has 0 saturated carbocycles. The van der Waals surface area contributed by atoms with Gasteiger partial charge in [0.1, 0.15) is 0 Å². The minimum absolute atomic E-state index is 0.196. The molecule has 0 radical (unpaired) electrons. The van der Waals surface area contributed by atoms with Gasteiger partial charge in [0.15, 0.2) is 0 Å². The van der Waals surface area contributed by atoms with Crippen molar-refractivity contribution >= 4 is 35.1 Å². The molecule has 0 N–H and O–H groups in total. The van der Waals surface area contributed by atoms with Gasteiger partial charge in [-0.15, -0.1) is 0 Å². The molecular formula is C18H10ClNO4. The second kappa shape index (κ2) is 5.04. The van der Waals surface area contributed by atoms with Crippen LogP contribution in [0.5, 0.6) is 0 Å². The molecule has 118 valence electrons. The van der Waals surface area contributed by atoms with E-state index in [1.54, 1.807) is 48.5 Å². The molecule has 2 aromatic rings. The number of imide groups is 1. The molecule has 2 aromatic carbocycles. The molecule has 0 fully saturated rings. The molecular weight excluding hydrogens is 330 g/mol. The lowest BCUT2D eigenvalue weighted by Gasteiger charge is -2.37. The van der Waals surface area contributed by atoms with Gasteiger partial charge in [-0.2, -0.15) is 0 Å². The van der Waals surface area contributed by atoms with Crippen molar-refractivity contribution in [3.8, 4) is 0 Å². The first-order valence-corrected chi connectivity index (χ1v) is 7.57. The van der Waals surface area contributed by atoms with Gasteiger partial charge in [-0.05, 0) is 30.3 Å². The summed E-state index contributed by atoms with van der Waals surface area (Å²) in [6.45, 7) is 0. The number of esters is 1. The molecule has 5 nitrogen and oxygen atoms in total. The van der Waals surface area contributed by atoms with Gasteiger partial charge in [0.25, 0.3) is 11.8 Å². The Hall–Kier alpha value is -2.92. The minimum Gasteiger partial charge on any atom is -0.436 e. The number of amides is 2. The lowest BCUT2D eigenvalue weighted by atomic mass is 9.84. The third-order valence-electron chi connectivity index (χ3n) is 4.07. The molecule has 0 saturated heterocycles. The highest BCUT2D eigenvalue weighted by Gasteiger charge is 2.55. The van der Waals surface area contributed by atoms with E-state index >= 15 is 0 Å². The fourth-order valence-corrected chi connectivity index (χ4v) is 3.35. The molecule has 1 spiro atoms. The number of fused-ring (bicyclic) bond motifs is 2. The lowest BCUT2D eigenvalue weighted by Crippen LogP contribution is -2.54. The predicted molar refractivity (Wildman–Crippen MR) is 86.6 cm³/mol. The van der Waals surface area contributed by atoms with E-state index in [1.165, 1.54) is 12.2 Å². The van der Waals surface area contributed by atoms with Gasteiger partial charge in [-0.1, -0.05) is 35.9 Å². The number of hydrogen-bond acceptors (Lipinski definition) is 4. The lowest BCUT2D eigenvalue weighted by molar-refractivity contribution is -0.155. The summed E-state index contributed by atoms with van der Waals surface area (Å²) in [5, 5.41) is 0.196. The number of halogens is 1. The topological polar surface area (TPSA) is 63.7 Å². The zero-order chi connectivity index (χ0) is 16.9. The third kappa shape index (κ3) is 1.85. The Balaban J connectivity index is 2.01. The minimum atomic E-state index is -1.71. The summed E-state index contributed by atoms with van der Waals surface area (Å²) in [6.07, 6.45) is 2.52. The molecule has 24 heavy (non-hydrogen) atoms. The van der Waals surface area contributed by atoms with E-state index in [4.69, 9.17) is 16.3 Å². The summed E-state index contributed by atoms with van der Waals surface area (Å²) >= 11 is 6.24. The number of benzene rings is 2. The van der Waals surface area contributed by atoms with E-state index in [0.717, 1.165) is 4.90 Å². The normalized spacial score (nSPS) is 22.0. The van der Waals surface area contributed by atoms with Crippen molar-refractivity contribution in [3.63, 3.8) is 0 Å². The average molecular weight is 340 g/mol. The summed E-state index contributed by atoms with van der Waals surface area (Å²) < 4.78 is 5.33. The van der Waals surface area contributed by atoms with Crippen molar-refractivity contribution < 1.29 is 19.1 Å². The predicted octanol–water partition coefficient (Wildman–Crippen LogP) is 2.84. The molecule has 2 amide bonds. The van der Waals surface area contributed by atoms with Crippen LogP contribution in [0.3, 0.4) is 0 Å². The zero-order valence-corrected chi connectivity index (χ0v) is 13.0. The number of rotatable bonds is 1. The van der Waals surface area contributed by atoms with Crippen LogP contribution >= 0.6 is 11.6 Å². The molecule has 6 heteroatoms. The number of hydrogen-bond donors (Lipinski definition) is 0. The zero-order valence-electron chi connectivity index (χ0n) is 12.2. The highest BCUT2D eigenvalue weighted by atomic mass is 35.5. The van der Waals surface area contributed by atoms with E-state index in [2.05, 4.69) is 0 Å². The number of nitrogens with zero attached hydrogens (tertiary/aromatic N) is 1. The second-order valence-corrected chi connectivity index (χ2v) is 5.84. The molecule has 2 aliphatic heterocycles. The first kappa shape index (κ1) is 14.7. The van der Waals surface area contributed by atoms with E-state index in [9.17, 15) is 14.4 Å². The molecule has 4 rings (SSSR count). The molecule has 0 bridgehead atoms. The Morgan fingerprint density at radius 2 is 1.71 bits per heavy atom. The van der Waals surface area contributed by atoms with Crippen LogP contribution in [0, 0.1) is 0 Å². The molecule has 1 atom stereocenters. The summed E-state index contributed by atoms with van der Waals surface area (Å²) in [5.74, 6) is -1.83. The van der Waals surface area contributed by atoms with Crippen LogP contribution in [0.25, 0.3) is 0 Å². The Bertz CT molecular complexity index is 922. The van der Waals surface area contributed by atoms with Crippen LogP contribution in [0.1, 0.15) is 15.9 Å². The van der Waals surface area contributed by atoms with Crippen molar-refractivity contribution in [1.82, 2.24) is 0 Å². The monoisotopic (exact) mass is 339 g/mol. The number of carbonyl (C=O) groups excluding carboxylic acids is 3. The quantitative estimate of drug-likeness (QED) is 0.592. The van der Waals surface area contributed by atoms with Gasteiger partial charge in [0.05, 0.1) is 5.69 Å². The van der Waals surface area contributed by atoms with Gasteiger partial charge >= 0.3 is 5.97 Å². The van der Waals surface area contributed by atoms with Crippen LogP contribution in [0.4, 0.5) is 5.69 Å². The summed E-state index contributed by atoms with van der Waals surface area (Å²) in [5.41, 5.74) is -0.885. The van der Waals surface area contributed by atoms with Crippen molar-refractivity contribution in [2.75, 3.05) is 4.90 Å². The maximum Gasteiger partial charge on any atom is 0.332 e. The Labute approximate surface area is 142 Å². The largest absolute Gasteiger partial charge is 0.436 e. The Morgan fingerprint density at radius 3 is 2.38 bits per heavy atom. The molecule has 2 heterocycles. The molecule has 2 aliphatic rings. The van der Waals surface area contributed by atoms with Gasteiger partial charge in [-0.25, -0.2) is 9.69 Å². The van der Waals surface area contributed by atoms with Crippen molar-refractivity contribution in [2.45, 2.75) is 5.60 Å². The fraction of sp³-hybridized carbons (Fsp3) is 0.0556. The van der Waals surface area contributed by atoms with Crippen LogP contribution in [0.15, 0.2) is 60.7 Å². The standard InChI is InChI=1S/C18H10ClNO4/c19-13-8-4-7-12-15(13)18(10-9-14(21)24-18)17(23)20(16(12)22)11-5-2-1-3-6-11/h1-10H. The maximum absolute atomic E-state index is 13.1. The van der Waals surface area contributed by atoms with Gasteiger partial charge in [0, 0.05) is 22.2 Å². The summed E-state index contributed by atoms with van der Waals surface area (Å²) in [4.78, 5) is 38.7. The van der Waals surface area contributed by atoms with Crippen molar-refractivity contribution in [1.29, 1.82) is 0 Å². The first-order chi connectivity index (χ1) is 11.5. The van der Waals surface area contributed by atoms with E-state index in [-0.39, 0.29) is 16.1 Å². The average Bonchev–Trinajstić information content (AvgIpc) is 2.97. The van der Waals surface area contributed by atoms with E-state index in [1.807, 2.05) is 0 Å². The third-order valence-corrected chi connectivity index (χ3v) is 4.38. The Morgan fingerprint density at radius 1 is 0.958 bits per heavy atom. The van der Waals surface area contributed by atoms with Crippen molar-refractivity contribution in [2.24, 2.45) is 0 Å². The van der Waals surface area contributed by atoms with Crippen LogP contribution in [0.2, 0.25) is 5.02 Å². The second-order valence-electron chi connectivity index (χ2n) is 5.43. The molecule has 0 aromatic heterocycles. The fourth-order valence-electron chi connectivity index (χ4n) is 3.04. The smallest absolute Gasteiger partial charge is 0.332 e. The summed E-state index contributed by atoms with van der Waals surface area (Å²) in [6, 6.07) is 13.2. The van der Waals surface area contributed by atoms with Crippen LogP contribution < -0.4 is 4.90 Å². The van der Waals surface area contributed by atoms with Crippen LogP contribution in [-0.2, 0) is 19.9 Å². The van der Waals surface area contributed by atoms with Gasteiger partial charge < -0.3 is 4.74 Å². The molecule has 1 unspecified atom stereocenters. The maximum atomic E-state index is 13.1. The SMILES string of the molecule is O=C1C=CC2(O1)C(=O)N(c1ccccc1)C(=O)c1cccc(Cl)c12. The highest BCUT2D eigenvalue weighted by Crippen LogP contribution is 2.44. The number of ether oxygens (including phenoxy) is 1. The number of anilines is 1. The molecule has 0 aliphatic carbocycles. The number of para-hydroxylation sites is 1. The Kier molecular flexibility index (Phi) is 3.08. The van der Waals surface area contributed by atoms with Crippen LogP contribution in [-0.4, -0.2) is 17.8 Å². The first-order valence-electron chi connectivity index (χ1n) is 7.20. The van der Waals surface area contributed by atoms with Gasteiger partial charge in [-0.3, -0.25) is 9.59 Å². The summed E-state index contributed by atoms with van der Waals surface area (Å²) in [7, 11) is 0. The van der Waals surface area contributed by atoms with E-state index < -0.39 is 23.4 Å². The van der Waals surface area contributed by atoms with E-state index in [0.29, 0.717) is 5.69 Å². The highest BCUT2D eigenvalue weighted by molar-refractivity contribution is 6.35. The van der Waals surface area contributed by atoms with Gasteiger partial charge in [0.2, 0.25) is 5.60 Å². The van der Waals surface area contributed by atoms with Crippen molar-refractivity contribution in [3.05, 3.63) is 76.8 Å². The number of carbonyl (C=O) groups is 3.